The Morgan fingerprint density at radius 1 is 1.16 bits per heavy atom. The second-order valence-electron chi connectivity index (χ2n) is 3.91. The van der Waals surface area contributed by atoms with Crippen molar-refractivity contribution in [3.63, 3.8) is 0 Å². The fourth-order valence-electron chi connectivity index (χ4n) is 1.86. The molecule has 0 bridgehead atoms. The number of hydrogen-bond acceptors (Lipinski definition) is 3. The molecule has 0 unspecified atom stereocenters. The van der Waals surface area contributed by atoms with Gasteiger partial charge in [0, 0.05) is 11.6 Å². The van der Waals surface area contributed by atoms with Gasteiger partial charge in [-0.15, -0.1) is 0 Å². The van der Waals surface area contributed by atoms with Crippen LogP contribution in [0.3, 0.4) is 0 Å². The highest BCUT2D eigenvalue weighted by Gasteiger charge is 2.20. The van der Waals surface area contributed by atoms with Crippen molar-refractivity contribution in [3.05, 3.63) is 46.2 Å². The molecule has 3 nitrogen and oxygen atoms in total. The van der Waals surface area contributed by atoms with Crippen molar-refractivity contribution >= 4 is 34.2 Å². The fraction of sp³-hybridized carbons (Fsp3) is 0. The van der Waals surface area contributed by atoms with Crippen molar-refractivity contribution in [2.45, 2.75) is 0 Å². The maximum Gasteiger partial charge on any atom is 0.172 e. The summed E-state index contributed by atoms with van der Waals surface area (Å²) in [6.07, 6.45) is 0. The molecule has 1 N–H and O–H groups in total. The number of benzene rings is 2. The molecule has 0 spiro atoms. The molecule has 0 aliphatic carbocycles. The van der Waals surface area contributed by atoms with E-state index < -0.39 is 5.82 Å². The summed E-state index contributed by atoms with van der Waals surface area (Å²) < 4.78 is 18.8. The van der Waals surface area contributed by atoms with Crippen LogP contribution in [0, 0.1) is 5.82 Å². The topological polar surface area (TPSA) is 46.3 Å². The second-order valence-corrected chi connectivity index (χ2v) is 4.66. The third kappa shape index (κ3) is 1.84. The first-order valence-corrected chi connectivity index (χ1v) is 6.06. The van der Waals surface area contributed by atoms with Crippen LogP contribution >= 0.6 is 23.2 Å². The van der Waals surface area contributed by atoms with Gasteiger partial charge in [0.05, 0.1) is 10.4 Å². The molecule has 3 aromatic rings. The Hall–Kier alpha value is -1.78. The van der Waals surface area contributed by atoms with Crippen LogP contribution in [0.25, 0.3) is 22.2 Å². The molecule has 0 radical (unpaired) electrons. The van der Waals surface area contributed by atoms with Gasteiger partial charge >= 0.3 is 0 Å². The zero-order valence-corrected chi connectivity index (χ0v) is 10.8. The molecular formula is C13H6Cl2FNO2. The van der Waals surface area contributed by atoms with Crippen LogP contribution in [0.1, 0.15) is 0 Å². The Kier molecular flexibility index (Phi) is 2.84. The van der Waals surface area contributed by atoms with Crippen LogP contribution in [0.15, 0.2) is 34.9 Å². The molecule has 1 aromatic heterocycles. The number of fused-ring (bicyclic) bond motifs is 1. The summed E-state index contributed by atoms with van der Waals surface area (Å²) in [6, 6.07) is 7.41. The van der Waals surface area contributed by atoms with E-state index in [0.717, 1.165) is 0 Å². The van der Waals surface area contributed by atoms with Gasteiger partial charge in [-0.25, -0.2) is 4.39 Å². The predicted molar refractivity (Wildman–Crippen MR) is 71.1 cm³/mol. The zero-order valence-electron chi connectivity index (χ0n) is 9.32. The van der Waals surface area contributed by atoms with Crippen LogP contribution in [0.2, 0.25) is 10.0 Å². The maximum absolute atomic E-state index is 13.8. The Morgan fingerprint density at radius 3 is 2.63 bits per heavy atom. The zero-order chi connectivity index (χ0) is 13.6. The van der Waals surface area contributed by atoms with Crippen LogP contribution < -0.4 is 0 Å². The largest absolute Gasteiger partial charge is 0.506 e. The van der Waals surface area contributed by atoms with Crippen LogP contribution in [-0.4, -0.2) is 10.3 Å². The number of aromatic nitrogens is 1. The van der Waals surface area contributed by atoms with E-state index in [9.17, 15) is 9.50 Å². The highest BCUT2D eigenvalue weighted by atomic mass is 35.5. The van der Waals surface area contributed by atoms with Gasteiger partial charge in [0.1, 0.15) is 22.3 Å². The Bertz CT molecular complexity index is 786. The summed E-state index contributed by atoms with van der Waals surface area (Å²) in [7, 11) is 0. The van der Waals surface area contributed by atoms with Gasteiger partial charge in [-0.1, -0.05) is 40.5 Å². The number of aromatic hydroxyl groups is 1. The summed E-state index contributed by atoms with van der Waals surface area (Å²) in [5.41, 5.74) is 0.745. The highest BCUT2D eigenvalue weighted by Crippen LogP contribution is 2.42. The normalized spacial score (nSPS) is 11.1. The number of phenolic OH excluding ortho intramolecular Hbond substituents is 1. The second kappa shape index (κ2) is 4.40. The van der Waals surface area contributed by atoms with Crippen molar-refractivity contribution in [3.8, 4) is 17.0 Å². The van der Waals surface area contributed by atoms with Gasteiger partial charge in [0.15, 0.2) is 5.58 Å². The lowest BCUT2D eigenvalue weighted by Gasteiger charge is -2.02. The maximum atomic E-state index is 13.8. The molecule has 0 atom stereocenters. The third-order valence-electron chi connectivity index (χ3n) is 2.75. The first-order valence-electron chi connectivity index (χ1n) is 5.31. The summed E-state index contributed by atoms with van der Waals surface area (Å²) in [6.45, 7) is 0. The van der Waals surface area contributed by atoms with E-state index in [-0.39, 0.29) is 32.6 Å². The molecule has 96 valence electrons. The molecule has 0 amide bonds. The predicted octanol–water partition coefficient (Wildman–Crippen LogP) is 4.65. The van der Waals surface area contributed by atoms with E-state index in [0.29, 0.717) is 5.39 Å². The Balaban J connectivity index is 2.38. The Labute approximate surface area is 117 Å². The van der Waals surface area contributed by atoms with Crippen molar-refractivity contribution < 1.29 is 14.0 Å². The molecule has 0 aliphatic rings. The average Bonchev–Trinajstić information content (AvgIpc) is 2.80. The first-order chi connectivity index (χ1) is 9.09. The molecule has 6 heteroatoms. The van der Waals surface area contributed by atoms with E-state index in [1.54, 1.807) is 18.2 Å². The fourth-order valence-corrected chi connectivity index (χ4v) is 2.29. The average molecular weight is 298 g/mol. The SMILES string of the molecule is Oc1cc2onc(-c3ccccc3F)c2c(Cl)c1Cl. The summed E-state index contributed by atoms with van der Waals surface area (Å²) in [5, 5.41) is 13.8. The van der Waals surface area contributed by atoms with E-state index >= 15 is 0 Å². The minimum Gasteiger partial charge on any atom is -0.506 e. The van der Waals surface area contributed by atoms with Gasteiger partial charge in [-0.3, -0.25) is 0 Å². The molecule has 0 saturated carbocycles. The van der Waals surface area contributed by atoms with Crippen molar-refractivity contribution in [2.75, 3.05) is 0 Å². The Morgan fingerprint density at radius 2 is 1.89 bits per heavy atom. The molecule has 0 aliphatic heterocycles. The minimum absolute atomic E-state index is 0.0186. The summed E-state index contributed by atoms with van der Waals surface area (Å²) in [5.74, 6) is -0.659. The summed E-state index contributed by atoms with van der Waals surface area (Å²) in [4.78, 5) is 0. The minimum atomic E-state index is -0.446. The molecule has 2 aromatic carbocycles. The van der Waals surface area contributed by atoms with E-state index in [2.05, 4.69) is 5.16 Å². The van der Waals surface area contributed by atoms with Gasteiger partial charge in [-0.05, 0) is 12.1 Å². The quantitative estimate of drug-likeness (QED) is 0.711. The van der Waals surface area contributed by atoms with Crippen LogP contribution in [0.4, 0.5) is 4.39 Å². The van der Waals surface area contributed by atoms with E-state index in [1.807, 2.05) is 0 Å². The van der Waals surface area contributed by atoms with Crippen LogP contribution in [-0.2, 0) is 0 Å². The van der Waals surface area contributed by atoms with Crippen molar-refractivity contribution in [1.82, 2.24) is 5.16 Å². The van der Waals surface area contributed by atoms with E-state index in [1.165, 1.54) is 12.1 Å². The highest BCUT2D eigenvalue weighted by molar-refractivity contribution is 6.46. The molecule has 1 heterocycles. The van der Waals surface area contributed by atoms with E-state index in [4.69, 9.17) is 27.7 Å². The molecule has 0 saturated heterocycles. The van der Waals surface area contributed by atoms with Crippen molar-refractivity contribution in [2.24, 2.45) is 0 Å². The number of phenols is 1. The monoisotopic (exact) mass is 297 g/mol. The number of hydrogen-bond donors (Lipinski definition) is 1. The van der Waals surface area contributed by atoms with Gasteiger partial charge in [-0.2, -0.15) is 0 Å². The lowest BCUT2D eigenvalue weighted by molar-refractivity contribution is 0.451. The van der Waals surface area contributed by atoms with Gasteiger partial charge in [0.25, 0.3) is 0 Å². The molecule has 0 fully saturated rings. The van der Waals surface area contributed by atoms with Crippen LogP contribution in [0.5, 0.6) is 5.75 Å². The number of nitrogens with zero attached hydrogens (tertiary/aromatic N) is 1. The van der Waals surface area contributed by atoms with Gasteiger partial charge in [0.2, 0.25) is 0 Å². The standard InChI is InChI=1S/C13H6Cl2FNO2/c14-11-8(18)5-9-10(12(11)15)13(17-19-9)6-3-1-2-4-7(6)16/h1-5,18H. The number of rotatable bonds is 1. The molecular weight excluding hydrogens is 292 g/mol. The first kappa shape index (κ1) is 12.3. The lowest BCUT2D eigenvalue weighted by Crippen LogP contribution is -1.85. The molecule has 19 heavy (non-hydrogen) atoms. The summed E-state index contributed by atoms with van der Waals surface area (Å²) >= 11 is 11.9. The lowest BCUT2D eigenvalue weighted by atomic mass is 10.1. The number of halogens is 3. The third-order valence-corrected chi connectivity index (χ3v) is 3.61. The molecule has 3 rings (SSSR count). The van der Waals surface area contributed by atoms with Crippen molar-refractivity contribution in [1.29, 1.82) is 0 Å². The smallest absolute Gasteiger partial charge is 0.172 e. The van der Waals surface area contributed by atoms with Gasteiger partial charge < -0.3 is 9.63 Å².